The third-order valence-corrected chi connectivity index (χ3v) is 11.6. The quantitative estimate of drug-likeness (QED) is 0.166. The molecule has 2 aliphatic heterocycles. The van der Waals surface area contributed by atoms with Crippen molar-refractivity contribution in [1.82, 2.24) is 26.7 Å². The van der Waals surface area contributed by atoms with Crippen molar-refractivity contribution >= 4 is 40.8 Å². The first-order valence-electron chi connectivity index (χ1n) is 18.9. The zero-order valence-corrected chi connectivity index (χ0v) is 30.0. The molecule has 6 atom stereocenters. The molecular formula is C37H58N6O6. The minimum atomic E-state index is -0.905. The number of nitrogens with zero attached hydrogens (tertiary/aromatic N) is 2. The maximum Gasteiger partial charge on any atom is 0.246 e. The maximum atomic E-state index is 14.6. The molecule has 2 amide bonds. The lowest BCUT2D eigenvalue weighted by Gasteiger charge is -2.38. The van der Waals surface area contributed by atoms with Crippen LogP contribution in [0.15, 0.2) is 5.10 Å². The van der Waals surface area contributed by atoms with Crippen molar-refractivity contribution in [1.29, 1.82) is 0 Å². The number of hydrogen-bond donors (Lipinski definition) is 4. The van der Waals surface area contributed by atoms with Crippen LogP contribution in [0.1, 0.15) is 130 Å². The Balaban J connectivity index is 1.33. The van der Waals surface area contributed by atoms with Gasteiger partial charge in [0.25, 0.3) is 0 Å². The molecule has 0 radical (unpaired) electrons. The molecule has 1 saturated heterocycles. The van der Waals surface area contributed by atoms with Crippen LogP contribution in [0.5, 0.6) is 0 Å². The smallest absolute Gasteiger partial charge is 0.246 e. The van der Waals surface area contributed by atoms with Crippen molar-refractivity contribution in [2.75, 3.05) is 6.54 Å². The Morgan fingerprint density at radius 2 is 1.67 bits per heavy atom. The number of hydrazone groups is 1. The van der Waals surface area contributed by atoms with E-state index in [4.69, 9.17) is 0 Å². The predicted octanol–water partition coefficient (Wildman–Crippen LogP) is 3.93. The molecule has 5 aliphatic rings. The predicted molar refractivity (Wildman–Crippen MR) is 184 cm³/mol. The molecule has 2 unspecified atom stereocenters. The van der Waals surface area contributed by atoms with Crippen LogP contribution >= 0.6 is 0 Å². The average molecular weight is 683 g/mol. The highest BCUT2D eigenvalue weighted by Gasteiger charge is 2.52. The molecule has 0 spiro atoms. The first kappa shape index (κ1) is 37.1. The van der Waals surface area contributed by atoms with E-state index >= 15 is 0 Å². The monoisotopic (exact) mass is 682 g/mol. The topological polar surface area (TPSA) is 166 Å². The summed E-state index contributed by atoms with van der Waals surface area (Å²) < 4.78 is 0. The summed E-state index contributed by atoms with van der Waals surface area (Å²) in [7, 11) is 0. The van der Waals surface area contributed by atoms with Crippen LogP contribution in [-0.4, -0.2) is 64.3 Å². The largest absolute Gasteiger partial charge is 0.344 e. The molecule has 5 rings (SSSR count). The van der Waals surface area contributed by atoms with Gasteiger partial charge in [0.1, 0.15) is 17.7 Å². The zero-order valence-electron chi connectivity index (χ0n) is 30.0. The normalized spacial score (nSPS) is 25.8. The SMILES string of the molecule is CCCC(CC(=O)[C@@H]1[C@H]2CCCC2CN1C(=O)[C@@H](NC(=O)[C@H](CC(=O)CC1=NNNN1)C1CCCCC1)C(C)(C)C)C(=O)C(=O)CC1CC1. The summed E-state index contributed by atoms with van der Waals surface area (Å²) in [6.07, 6.45) is 11.0. The molecule has 3 saturated carbocycles. The van der Waals surface area contributed by atoms with E-state index in [9.17, 15) is 28.8 Å². The van der Waals surface area contributed by atoms with E-state index in [1.807, 2.05) is 27.7 Å². The molecule has 0 aromatic carbocycles. The fraction of sp³-hybridized carbons (Fsp3) is 0.811. The second-order valence-electron chi connectivity index (χ2n) is 16.5. The number of hydrazine groups is 2. The fourth-order valence-electron chi connectivity index (χ4n) is 8.78. The third kappa shape index (κ3) is 9.35. The number of carbonyl (C=O) groups is 6. The lowest BCUT2D eigenvalue weighted by Crippen LogP contribution is -2.58. The molecule has 272 valence electrons. The summed E-state index contributed by atoms with van der Waals surface area (Å²) >= 11 is 0. The summed E-state index contributed by atoms with van der Waals surface area (Å²) in [4.78, 5) is 84.0. The van der Waals surface area contributed by atoms with Crippen LogP contribution in [-0.2, 0) is 28.8 Å². The number of fused-ring (bicyclic) bond motifs is 1. The number of Topliss-reactive ketones (excluding diaryl/α,β-unsaturated/α-hetero) is 4. The van der Waals surface area contributed by atoms with E-state index in [0.29, 0.717) is 31.1 Å². The van der Waals surface area contributed by atoms with Gasteiger partial charge in [0.15, 0.2) is 11.6 Å². The Morgan fingerprint density at radius 1 is 0.939 bits per heavy atom. The van der Waals surface area contributed by atoms with E-state index in [2.05, 4.69) is 26.9 Å². The summed E-state index contributed by atoms with van der Waals surface area (Å²) in [5.74, 6) is -1.87. The fourth-order valence-corrected chi connectivity index (χ4v) is 8.78. The minimum absolute atomic E-state index is 0.0102. The van der Waals surface area contributed by atoms with Gasteiger partial charge in [-0.3, -0.25) is 34.2 Å². The lowest BCUT2D eigenvalue weighted by molar-refractivity contribution is -0.146. The van der Waals surface area contributed by atoms with Gasteiger partial charge < -0.3 is 10.2 Å². The van der Waals surface area contributed by atoms with E-state index in [1.54, 1.807) is 4.90 Å². The molecular weight excluding hydrogens is 624 g/mol. The van der Waals surface area contributed by atoms with Gasteiger partial charge in [0.05, 0.1) is 12.5 Å². The van der Waals surface area contributed by atoms with E-state index in [1.165, 1.54) is 0 Å². The Hall–Kier alpha value is -3.15. The number of ketones is 4. The zero-order chi connectivity index (χ0) is 35.3. The molecule has 3 aliphatic carbocycles. The van der Waals surface area contributed by atoms with Gasteiger partial charge in [-0.2, -0.15) is 0 Å². The molecule has 0 aromatic rings. The van der Waals surface area contributed by atoms with Gasteiger partial charge in [-0.05, 0) is 74.0 Å². The molecule has 4 N–H and O–H groups in total. The highest BCUT2D eigenvalue weighted by molar-refractivity contribution is 6.38. The van der Waals surface area contributed by atoms with Gasteiger partial charge in [-0.15, -0.1) is 10.6 Å². The van der Waals surface area contributed by atoms with Crippen molar-refractivity contribution in [3.05, 3.63) is 0 Å². The number of nitrogens with one attached hydrogen (secondary N) is 4. The first-order valence-corrected chi connectivity index (χ1v) is 18.9. The van der Waals surface area contributed by atoms with Crippen LogP contribution in [0, 0.1) is 40.9 Å². The molecule has 0 bridgehead atoms. The summed E-state index contributed by atoms with van der Waals surface area (Å²) in [6, 6.07) is -1.58. The molecule has 49 heavy (non-hydrogen) atoms. The van der Waals surface area contributed by atoms with E-state index < -0.39 is 35.1 Å². The molecule has 2 heterocycles. The van der Waals surface area contributed by atoms with Gasteiger partial charge in [0, 0.05) is 37.6 Å². The number of carbonyl (C=O) groups excluding carboxylic acids is 6. The summed E-state index contributed by atoms with van der Waals surface area (Å²) in [5, 5.41) is 7.11. The molecule has 4 fully saturated rings. The first-order chi connectivity index (χ1) is 23.4. The number of rotatable bonds is 17. The molecule has 0 aromatic heterocycles. The van der Waals surface area contributed by atoms with Crippen LogP contribution < -0.4 is 21.8 Å². The van der Waals surface area contributed by atoms with Crippen molar-refractivity contribution < 1.29 is 28.8 Å². The third-order valence-electron chi connectivity index (χ3n) is 11.6. The van der Waals surface area contributed by atoms with Crippen LogP contribution in [0.3, 0.4) is 0 Å². The highest BCUT2D eigenvalue weighted by Crippen LogP contribution is 2.44. The van der Waals surface area contributed by atoms with Crippen molar-refractivity contribution in [3.63, 3.8) is 0 Å². The van der Waals surface area contributed by atoms with Crippen LogP contribution in [0.4, 0.5) is 0 Å². The number of amides is 2. The number of likely N-dealkylation sites (tertiary alicyclic amines) is 1. The van der Waals surface area contributed by atoms with Crippen molar-refractivity contribution in [3.8, 4) is 0 Å². The highest BCUT2D eigenvalue weighted by atomic mass is 16.2. The average Bonchev–Trinajstić information content (AvgIpc) is 3.38. The van der Waals surface area contributed by atoms with Crippen LogP contribution in [0.2, 0.25) is 0 Å². The Kier molecular flexibility index (Phi) is 12.3. The Labute approximate surface area is 291 Å². The van der Waals surface area contributed by atoms with Gasteiger partial charge in [0.2, 0.25) is 17.6 Å². The van der Waals surface area contributed by atoms with Gasteiger partial charge in [-0.25, -0.2) is 5.53 Å². The second kappa shape index (κ2) is 16.2. The van der Waals surface area contributed by atoms with Gasteiger partial charge >= 0.3 is 0 Å². The maximum absolute atomic E-state index is 14.6. The van der Waals surface area contributed by atoms with Crippen molar-refractivity contribution in [2.45, 2.75) is 143 Å². The molecule has 12 heteroatoms. The van der Waals surface area contributed by atoms with Crippen molar-refractivity contribution in [2.24, 2.45) is 46.0 Å². The standard InChI is InChI=1S/C37H58N6O6/c1-5-10-24(33(47)30(46)17-22-15-16-22)18-29(45)32-27-14-9-13-25(27)21-43(32)36(49)34(37(2,3)4)38-35(48)28(23-11-7-6-8-12-23)19-26(44)20-31-39-41-42-40-31/h22-25,27-28,32,34,41-42H,5-21H2,1-4H3,(H,38,48)(H,39,40)/t24?,25?,27-,28+,32-,34+/m0/s1. The minimum Gasteiger partial charge on any atom is -0.344 e. The summed E-state index contributed by atoms with van der Waals surface area (Å²) in [6.45, 7) is 8.13. The van der Waals surface area contributed by atoms with E-state index in [-0.39, 0.29) is 72.6 Å². The molecule has 12 nitrogen and oxygen atoms in total. The van der Waals surface area contributed by atoms with Crippen LogP contribution in [0.25, 0.3) is 0 Å². The lowest BCUT2D eigenvalue weighted by atomic mass is 9.76. The summed E-state index contributed by atoms with van der Waals surface area (Å²) in [5.41, 5.74) is 7.31. The number of hydrogen-bond acceptors (Lipinski definition) is 10. The Bertz CT molecular complexity index is 1300. The van der Waals surface area contributed by atoms with Gasteiger partial charge in [-0.1, -0.05) is 59.8 Å². The number of amidine groups is 1. The second-order valence-corrected chi connectivity index (χ2v) is 16.5. The van der Waals surface area contributed by atoms with E-state index in [0.717, 1.165) is 64.2 Å². The Morgan fingerprint density at radius 3 is 2.31 bits per heavy atom.